The van der Waals surface area contributed by atoms with E-state index < -0.39 is 0 Å². The van der Waals surface area contributed by atoms with Gasteiger partial charge in [0.2, 0.25) is 5.75 Å². The highest BCUT2D eigenvalue weighted by atomic mass is 16.5. The molecule has 0 aliphatic heterocycles. The normalized spacial score (nSPS) is 11.6. The van der Waals surface area contributed by atoms with Crippen molar-refractivity contribution in [3.05, 3.63) is 40.7 Å². The maximum absolute atomic E-state index is 11.9. The third-order valence-electron chi connectivity index (χ3n) is 5.16. The summed E-state index contributed by atoms with van der Waals surface area (Å²) in [6.45, 7) is 0. The van der Waals surface area contributed by atoms with Crippen molar-refractivity contribution >= 4 is 33.1 Å². The number of aromatic hydroxyl groups is 2. The quantitative estimate of drug-likeness (QED) is 0.419. The number of ether oxygens (including phenoxy) is 2. The molecule has 0 aliphatic carbocycles. The number of fused-ring (bicyclic) bond motifs is 4. The molecule has 0 saturated carbocycles. The Morgan fingerprint density at radius 1 is 1.10 bits per heavy atom. The maximum atomic E-state index is 11.9. The van der Waals surface area contributed by atoms with Crippen LogP contribution in [0.25, 0.3) is 44.2 Å². The number of furan rings is 1. The van der Waals surface area contributed by atoms with Crippen LogP contribution in [0.2, 0.25) is 0 Å². The summed E-state index contributed by atoms with van der Waals surface area (Å²) in [7, 11) is 4.70. The number of H-pyrrole nitrogens is 1. The Kier molecular flexibility index (Phi) is 3.69. The van der Waals surface area contributed by atoms with E-state index in [1.807, 2.05) is 0 Å². The summed E-state index contributed by atoms with van der Waals surface area (Å²) in [5.74, 6) is 0.127. The second-order valence-electron chi connectivity index (χ2n) is 6.88. The Bertz CT molecular complexity index is 1500. The molecule has 152 valence electrons. The molecule has 2 aromatic carbocycles. The second kappa shape index (κ2) is 6.18. The molecule has 0 bridgehead atoms. The molecule has 0 radical (unpaired) electrons. The van der Waals surface area contributed by atoms with E-state index in [-0.39, 0.29) is 34.0 Å². The summed E-state index contributed by atoms with van der Waals surface area (Å²) in [5, 5.41) is 24.9. The predicted molar refractivity (Wildman–Crippen MR) is 110 cm³/mol. The Morgan fingerprint density at radius 2 is 1.80 bits per heavy atom. The molecule has 5 rings (SSSR count). The van der Waals surface area contributed by atoms with Gasteiger partial charge in [0.15, 0.2) is 28.2 Å². The Labute approximate surface area is 168 Å². The number of aromatic amines is 1. The lowest BCUT2D eigenvalue weighted by molar-refractivity contribution is 0.340. The molecule has 0 spiro atoms. The first-order chi connectivity index (χ1) is 14.4. The van der Waals surface area contributed by atoms with Gasteiger partial charge in [-0.25, -0.2) is 4.98 Å². The zero-order valence-electron chi connectivity index (χ0n) is 16.3. The highest BCUT2D eigenvalue weighted by molar-refractivity contribution is 6.16. The standard InChI is InChI=1S/C21H17N3O6/c1-24-21-11(8-22-24)16(9-4-14(28-2)19(27)15(5-9)29-3)20-18(23-21)17-12(26)6-10(25)7-13(17)30-20/h4-8,22,26-27H,1-3H3. The third kappa shape index (κ3) is 2.35. The van der Waals surface area contributed by atoms with Gasteiger partial charge in [0.25, 0.3) is 0 Å². The molecule has 3 aromatic heterocycles. The number of benzene rings is 2. The molecule has 0 amide bonds. The topological polar surface area (TPSA) is 123 Å². The first-order valence-corrected chi connectivity index (χ1v) is 9.01. The number of phenolic OH excluding ortho intramolecular Hbond substituents is 2. The van der Waals surface area contributed by atoms with Crippen molar-refractivity contribution in [3.8, 4) is 34.1 Å². The largest absolute Gasteiger partial charge is 0.507 e. The van der Waals surface area contributed by atoms with Crippen LogP contribution in [0.1, 0.15) is 0 Å². The molecule has 9 heteroatoms. The molecule has 0 aliphatic rings. The minimum atomic E-state index is -0.369. The van der Waals surface area contributed by atoms with E-state index in [4.69, 9.17) is 13.9 Å². The van der Waals surface area contributed by atoms with Gasteiger partial charge in [0.05, 0.1) is 19.6 Å². The summed E-state index contributed by atoms with van der Waals surface area (Å²) in [5.41, 5.74) is 2.55. The number of methoxy groups -OCH3 is 2. The minimum absolute atomic E-state index is 0.122. The Balaban J connectivity index is 2.01. The summed E-state index contributed by atoms with van der Waals surface area (Å²) >= 11 is 0. The van der Waals surface area contributed by atoms with Gasteiger partial charge in [-0.1, -0.05) is 0 Å². The number of phenols is 2. The van der Waals surface area contributed by atoms with Crippen LogP contribution < -0.4 is 14.9 Å². The van der Waals surface area contributed by atoms with Crippen LogP contribution in [0.5, 0.6) is 23.0 Å². The fourth-order valence-electron chi connectivity index (χ4n) is 3.78. The van der Waals surface area contributed by atoms with Gasteiger partial charge in [-0.05, 0) is 17.7 Å². The van der Waals surface area contributed by atoms with Crippen LogP contribution in [0.15, 0.2) is 39.7 Å². The van der Waals surface area contributed by atoms with Crippen molar-refractivity contribution in [1.29, 1.82) is 0 Å². The zero-order chi connectivity index (χ0) is 21.2. The lowest BCUT2D eigenvalue weighted by Gasteiger charge is -2.12. The molecule has 30 heavy (non-hydrogen) atoms. The highest BCUT2D eigenvalue weighted by Gasteiger charge is 2.23. The van der Waals surface area contributed by atoms with E-state index in [9.17, 15) is 15.0 Å². The van der Waals surface area contributed by atoms with Gasteiger partial charge in [-0.2, -0.15) is 0 Å². The number of hydrogen-bond acceptors (Lipinski definition) is 7. The van der Waals surface area contributed by atoms with Gasteiger partial charge in [0, 0.05) is 36.3 Å². The van der Waals surface area contributed by atoms with E-state index in [1.165, 1.54) is 20.3 Å². The number of aryl methyl sites for hydroxylation is 1. The van der Waals surface area contributed by atoms with Gasteiger partial charge >= 0.3 is 0 Å². The first kappa shape index (κ1) is 17.9. The number of rotatable bonds is 3. The number of nitrogens with zero attached hydrogens (tertiary/aromatic N) is 2. The van der Waals surface area contributed by atoms with Gasteiger partial charge < -0.3 is 29.2 Å². The van der Waals surface area contributed by atoms with Gasteiger partial charge in [0.1, 0.15) is 16.8 Å². The minimum Gasteiger partial charge on any atom is -0.507 e. The van der Waals surface area contributed by atoms with Crippen LogP contribution in [-0.2, 0) is 7.05 Å². The van der Waals surface area contributed by atoms with E-state index >= 15 is 0 Å². The smallest absolute Gasteiger partial charge is 0.200 e. The van der Waals surface area contributed by atoms with Crippen molar-refractivity contribution < 1.29 is 24.1 Å². The number of aromatic nitrogens is 3. The van der Waals surface area contributed by atoms with Crippen molar-refractivity contribution in [2.24, 2.45) is 7.05 Å². The van der Waals surface area contributed by atoms with E-state index in [2.05, 4.69) is 10.1 Å². The maximum Gasteiger partial charge on any atom is 0.200 e. The van der Waals surface area contributed by atoms with Gasteiger partial charge in [-0.15, -0.1) is 0 Å². The highest BCUT2D eigenvalue weighted by Crippen LogP contribution is 2.45. The average Bonchev–Trinajstić information content (AvgIpc) is 3.27. The number of nitrogens with one attached hydrogen (secondary N) is 1. The fraction of sp³-hybridized carbons (Fsp3) is 0.143. The van der Waals surface area contributed by atoms with Crippen molar-refractivity contribution in [1.82, 2.24) is 14.8 Å². The lowest BCUT2D eigenvalue weighted by Crippen LogP contribution is -1.95. The summed E-state index contributed by atoms with van der Waals surface area (Å²) in [6.07, 6.45) is 1.77. The third-order valence-corrected chi connectivity index (χ3v) is 5.16. The monoisotopic (exact) mass is 407 g/mol. The predicted octanol–water partition coefficient (Wildman–Crippen LogP) is 3.26. The average molecular weight is 407 g/mol. The lowest BCUT2D eigenvalue weighted by atomic mass is 10.0. The second-order valence-corrected chi connectivity index (χ2v) is 6.88. The van der Waals surface area contributed by atoms with Crippen LogP contribution in [0.3, 0.4) is 0 Å². The molecule has 0 atom stereocenters. The number of hydrogen-bond donors (Lipinski definition) is 3. The molecular weight excluding hydrogens is 390 g/mol. The van der Waals surface area contributed by atoms with Crippen molar-refractivity contribution in [3.63, 3.8) is 0 Å². The first-order valence-electron chi connectivity index (χ1n) is 9.01. The molecule has 3 heterocycles. The zero-order valence-corrected chi connectivity index (χ0v) is 16.3. The molecule has 0 saturated heterocycles. The molecule has 9 nitrogen and oxygen atoms in total. The summed E-state index contributed by atoms with van der Waals surface area (Å²) in [4.78, 5) is 16.5. The Hall–Kier alpha value is -4.14. The molecule has 3 N–H and O–H groups in total. The molecular formula is C21H17N3O6. The van der Waals surface area contributed by atoms with Crippen LogP contribution in [0, 0.1) is 0 Å². The number of pyridine rings is 1. The SMILES string of the molecule is COc1cc(-c2c3c[nH]n(C)c3nc3c2oc2cc(=O)cc(O)c23)cc(OC)c1O. The summed E-state index contributed by atoms with van der Waals surface area (Å²) < 4.78 is 18.3. The molecule has 5 aromatic rings. The van der Waals surface area contributed by atoms with E-state index in [1.54, 1.807) is 30.1 Å². The van der Waals surface area contributed by atoms with Crippen LogP contribution in [-0.4, -0.2) is 39.2 Å². The van der Waals surface area contributed by atoms with Crippen LogP contribution >= 0.6 is 0 Å². The molecule has 0 unspecified atom stereocenters. The molecule has 0 fully saturated rings. The summed E-state index contributed by atoms with van der Waals surface area (Å²) in [6, 6.07) is 5.76. The van der Waals surface area contributed by atoms with E-state index in [0.717, 1.165) is 11.5 Å². The van der Waals surface area contributed by atoms with Crippen molar-refractivity contribution in [2.45, 2.75) is 0 Å². The Morgan fingerprint density at radius 3 is 2.47 bits per heavy atom. The van der Waals surface area contributed by atoms with Gasteiger partial charge in [-0.3, -0.25) is 9.48 Å². The van der Waals surface area contributed by atoms with E-state index in [0.29, 0.717) is 33.3 Å². The van der Waals surface area contributed by atoms with Crippen LogP contribution in [0.4, 0.5) is 0 Å². The fourth-order valence-corrected chi connectivity index (χ4v) is 3.78. The van der Waals surface area contributed by atoms with Crippen molar-refractivity contribution in [2.75, 3.05) is 14.2 Å².